The number of fused-ring (bicyclic) bond motifs is 1. The van der Waals surface area contributed by atoms with Crippen LogP contribution in [0.25, 0.3) is 11.0 Å². The molecule has 1 fully saturated rings. The van der Waals surface area contributed by atoms with Crippen LogP contribution in [0.3, 0.4) is 0 Å². The molecule has 1 aliphatic carbocycles. The lowest BCUT2D eigenvalue weighted by atomic mass is 10.3. The van der Waals surface area contributed by atoms with Gasteiger partial charge in [-0.05, 0) is 31.0 Å². The second kappa shape index (κ2) is 3.87. The average Bonchev–Trinajstić information content (AvgIpc) is 2.98. The Morgan fingerprint density at radius 1 is 1.44 bits per heavy atom. The van der Waals surface area contributed by atoms with Crippen LogP contribution in [0.4, 0.5) is 4.39 Å². The van der Waals surface area contributed by atoms with Crippen LogP contribution in [-0.4, -0.2) is 22.6 Å². The molecular formula is C12H14FN3. The lowest BCUT2D eigenvalue weighted by Gasteiger charge is -1.98. The topological polar surface area (TPSA) is 40.7 Å². The van der Waals surface area contributed by atoms with E-state index in [4.69, 9.17) is 0 Å². The summed E-state index contributed by atoms with van der Waals surface area (Å²) in [5, 5.41) is 3.43. The molecule has 0 aliphatic heterocycles. The first kappa shape index (κ1) is 9.78. The van der Waals surface area contributed by atoms with Gasteiger partial charge < -0.3 is 10.3 Å². The molecule has 84 valence electrons. The van der Waals surface area contributed by atoms with E-state index in [0.717, 1.165) is 35.9 Å². The summed E-state index contributed by atoms with van der Waals surface area (Å²) in [7, 11) is 0. The first-order valence-electron chi connectivity index (χ1n) is 5.69. The predicted octanol–water partition coefficient (Wildman–Crippen LogP) is 2.00. The van der Waals surface area contributed by atoms with Gasteiger partial charge in [-0.3, -0.25) is 0 Å². The summed E-state index contributed by atoms with van der Waals surface area (Å²) in [5.74, 6) is 0.701. The lowest BCUT2D eigenvalue weighted by Crippen LogP contribution is -2.19. The molecule has 3 rings (SSSR count). The molecule has 1 aromatic carbocycles. The second-order valence-electron chi connectivity index (χ2n) is 4.32. The molecule has 1 aromatic heterocycles. The maximum absolute atomic E-state index is 13.0. The number of nitrogens with one attached hydrogen (secondary N) is 2. The maximum atomic E-state index is 13.0. The summed E-state index contributed by atoms with van der Waals surface area (Å²) in [6.45, 7) is 0.937. The Balaban J connectivity index is 1.71. The summed E-state index contributed by atoms with van der Waals surface area (Å²) >= 11 is 0. The zero-order chi connectivity index (χ0) is 11.0. The van der Waals surface area contributed by atoms with Crippen molar-refractivity contribution in [3.05, 3.63) is 29.8 Å². The molecule has 0 unspecified atom stereocenters. The van der Waals surface area contributed by atoms with Crippen molar-refractivity contribution in [2.24, 2.45) is 0 Å². The minimum Gasteiger partial charge on any atom is -0.342 e. The van der Waals surface area contributed by atoms with Gasteiger partial charge >= 0.3 is 0 Å². The smallest absolute Gasteiger partial charge is 0.125 e. The first-order valence-corrected chi connectivity index (χ1v) is 5.69. The van der Waals surface area contributed by atoms with E-state index >= 15 is 0 Å². The Bertz CT molecular complexity index is 502. The van der Waals surface area contributed by atoms with Gasteiger partial charge in [-0.25, -0.2) is 9.37 Å². The Kier molecular flexibility index (Phi) is 2.36. The number of hydrogen-bond acceptors (Lipinski definition) is 2. The number of imidazole rings is 1. The van der Waals surface area contributed by atoms with E-state index in [1.165, 1.54) is 25.0 Å². The van der Waals surface area contributed by atoms with Crippen LogP contribution in [0.15, 0.2) is 18.2 Å². The predicted molar refractivity (Wildman–Crippen MR) is 60.8 cm³/mol. The fourth-order valence-electron chi connectivity index (χ4n) is 1.84. The molecule has 2 N–H and O–H groups in total. The molecule has 2 aromatic rings. The molecule has 16 heavy (non-hydrogen) atoms. The van der Waals surface area contributed by atoms with Crippen LogP contribution in [0.1, 0.15) is 18.7 Å². The SMILES string of the molecule is Fc1ccc2nc(CCNC3CC3)[nH]c2c1. The highest BCUT2D eigenvalue weighted by atomic mass is 19.1. The quantitative estimate of drug-likeness (QED) is 0.825. The molecule has 0 atom stereocenters. The molecule has 4 heteroatoms. The van der Waals surface area contributed by atoms with Gasteiger partial charge in [-0.15, -0.1) is 0 Å². The minimum absolute atomic E-state index is 0.223. The number of aromatic nitrogens is 2. The summed E-state index contributed by atoms with van der Waals surface area (Å²) in [5.41, 5.74) is 1.62. The molecule has 0 bridgehead atoms. The molecule has 1 aliphatic rings. The van der Waals surface area contributed by atoms with E-state index in [2.05, 4.69) is 15.3 Å². The van der Waals surface area contributed by atoms with E-state index in [1.54, 1.807) is 6.07 Å². The zero-order valence-electron chi connectivity index (χ0n) is 8.96. The number of hydrogen-bond donors (Lipinski definition) is 2. The Morgan fingerprint density at radius 3 is 3.12 bits per heavy atom. The summed E-state index contributed by atoms with van der Waals surface area (Å²) in [4.78, 5) is 7.55. The summed E-state index contributed by atoms with van der Waals surface area (Å²) in [6, 6.07) is 5.36. The van der Waals surface area contributed by atoms with E-state index in [0.29, 0.717) is 0 Å². The molecule has 0 saturated heterocycles. The highest BCUT2D eigenvalue weighted by Gasteiger charge is 2.19. The monoisotopic (exact) mass is 219 g/mol. The van der Waals surface area contributed by atoms with Crippen LogP contribution >= 0.6 is 0 Å². The second-order valence-corrected chi connectivity index (χ2v) is 4.32. The van der Waals surface area contributed by atoms with Gasteiger partial charge in [0.25, 0.3) is 0 Å². The molecule has 0 amide bonds. The van der Waals surface area contributed by atoms with Gasteiger partial charge in [0.1, 0.15) is 11.6 Å². The van der Waals surface area contributed by atoms with Crippen molar-refractivity contribution in [2.75, 3.05) is 6.54 Å². The van der Waals surface area contributed by atoms with Crippen LogP contribution in [0.2, 0.25) is 0 Å². The third-order valence-corrected chi connectivity index (χ3v) is 2.87. The van der Waals surface area contributed by atoms with Crippen molar-refractivity contribution < 1.29 is 4.39 Å². The zero-order valence-corrected chi connectivity index (χ0v) is 8.96. The molecule has 0 spiro atoms. The summed E-state index contributed by atoms with van der Waals surface area (Å²) in [6.07, 6.45) is 3.46. The van der Waals surface area contributed by atoms with E-state index in [1.807, 2.05) is 0 Å². The van der Waals surface area contributed by atoms with Gasteiger partial charge in [0.05, 0.1) is 11.0 Å². The molecular weight excluding hydrogens is 205 g/mol. The van der Waals surface area contributed by atoms with Gasteiger partial charge in [0, 0.05) is 19.0 Å². The number of halogens is 1. The van der Waals surface area contributed by atoms with Crippen molar-refractivity contribution in [1.82, 2.24) is 15.3 Å². The van der Waals surface area contributed by atoms with E-state index < -0.39 is 0 Å². The lowest BCUT2D eigenvalue weighted by molar-refractivity contribution is 0.629. The van der Waals surface area contributed by atoms with Crippen molar-refractivity contribution in [1.29, 1.82) is 0 Å². The van der Waals surface area contributed by atoms with Crippen LogP contribution < -0.4 is 5.32 Å². The molecule has 3 nitrogen and oxygen atoms in total. The van der Waals surface area contributed by atoms with E-state index in [-0.39, 0.29) is 5.82 Å². The third kappa shape index (κ3) is 2.07. The van der Waals surface area contributed by atoms with Crippen LogP contribution in [0.5, 0.6) is 0 Å². The number of aromatic amines is 1. The highest BCUT2D eigenvalue weighted by molar-refractivity contribution is 5.74. The van der Waals surface area contributed by atoms with Crippen molar-refractivity contribution in [2.45, 2.75) is 25.3 Å². The molecule has 0 radical (unpaired) electrons. The summed E-state index contributed by atoms with van der Waals surface area (Å²) < 4.78 is 13.0. The third-order valence-electron chi connectivity index (χ3n) is 2.87. The Hall–Kier alpha value is -1.42. The molecule has 1 saturated carbocycles. The highest BCUT2D eigenvalue weighted by Crippen LogP contribution is 2.18. The Morgan fingerprint density at radius 2 is 2.31 bits per heavy atom. The normalized spacial score (nSPS) is 15.8. The van der Waals surface area contributed by atoms with Gasteiger partial charge in [0.15, 0.2) is 0 Å². The van der Waals surface area contributed by atoms with Crippen LogP contribution in [-0.2, 0) is 6.42 Å². The van der Waals surface area contributed by atoms with Crippen LogP contribution in [0, 0.1) is 5.82 Å². The number of nitrogens with zero attached hydrogens (tertiary/aromatic N) is 1. The standard InChI is InChI=1S/C12H14FN3/c13-8-1-4-10-11(7-8)16-12(15-10)5-6-14-9-2-3-9/h1,4,7,9,14H,2-3,5-6H2,(H,15,16). The van der Waals surface area contributed by atoms with Gasteiger partial charge in [-0.2, -0.15) is 0 Å². The van der Waals surface area contributed by atoms with E-state index in [9.17, 15) is 4.39 Å². The number of rotatable bonds is 4. The number of benzene rings is 1. The fourth-order valence-corrected chi connectivity index (χ4v) is 1.84. The van der Waals surface area contributed by atoms with Crippen molar-refractivity contribution in [3.63, 3.8) is 0 Å². The number of H-pyrrole nitrogens is 1. The largest absolute Gasteiger partial charge is 0.342 e. The Labute approximate surface area is 93.1 Å². The fraction of sp³-hybridized carbons (Fsp3) is 0.417. The minimum atomic E-state index is -0.223. The van der Waals surface area contributed by atoms with Crippen molar-refractivity contribution >= 4 is 11.0 Å². The van der Waals surface area contributed by atoms with Gasteiger partial charge in [0.2, 0.25) is 0 Å². The van der Waals surface area contributed by atoms with Gasteiger partial charge in [-0.1, -0.05) is 0 Å². The maximum Gasteiger partial charge on any atom is 0.125 e. The molecule has 1 heterocycles. The first-order chi connectivity index (χ1) is 7.81. The van der Waals surface area contributed by atoms with Crippen molar-refractivity contribution in [3.8, 4) is 0 Å². The average molecular weight is 219 g/mol.